The van der Waals surface area contributed by atoms with Gasteiger partial charge in [0.15, 0.2) is 0 Å². The summed E-state index contributed by atoms with van der Waals surface area (Å²) in [5.74, 6) is -0.257. The van der Waals surface area contributed by atoms with E-state index >= 15 is 0 Å². The number of nitrogens with one attached hydrogen (secondary N) is 1. The minimum Gasteiger partial charge on any atom is -0.481 e. The van der Waals surface area contributed by atoms with Crippen molar-refractivity contribution < 1.29 is 32.6 Å². The predicted molar refractivity (Wildman–Crippen MR) is 116 cm³/mol. The number of carboxylic acids is 1. The molecule has 2 N–H and O–H groups in total. The topological polar surface area (TPSA) is 75.6 Å². The van der Waals surface area contributed by atoms with E-state index in [1.54, 1.807) is 36.4 Å². The molecular weight excluding hydrogens is 435 g/mol. The van der Waals surface area contributed by atoms with E-state index in [0.717, 1.165) is 23.3 Å². The molecule has 0 atom stereocenters. The SMILES string of the molecule is Cc1cc(Oc2cccc(C(=O)NCc3ccc(C(F)(F)F)cc3)c2)ccc1CCC(=O)O. The van der Waals surface area contributed by atoms with Crippen LogP contribution in [0, 0.1) is 6.92 Å². The normalized spacial score (nSPS) is 11.2. The number of hydrogen-bond acceptors (Lipinski definition) is 3. The third-order valence-electron chi connectivity index (χ3n) is 4.99. The van der Waals surface area contributed by atoms with Gasteiger partial charge in [-0.25, -0.2) is 0 Å². The van der Waals surface area contributed by atoms with Crippen LogP contribution >= 0.6 is 0 Å². The van der Waals surface area contributed by atoms with Crippen molar-refractivity contribution in [1.82, 2.24) is 5.32 Å². The van der Waals surface area contributed by atoms with Gasteiger partial charge < -0.3 is 15.2 Å². The molecule has 0 aliphatic heterocycles. The van der Waals surface area contributed by atoms with E-state index in [4.69, 9.17) is 9.84 Å². The molecule has 0 saturated heterocycles. The molecule has 3 rings (SSSR count). The van der Waals surface area contributed by atoms with Gasteiger partial charge >= 0.3 is 12.1 Å². The molecule has 0 heterocycles. The summed E-state index contributed by atoms with van der Waals surface area (Å²) in [6.45, 7) is 1.95. The predicted octanol–water partition coefficient (Wildman–Crippen LogP) is 5.75. The fourth-order valence-electron chi connectivity index (χ4n) is 3.19. The van der Waals surface area contributed by atoms with Crippen LogP contribution in [0.5, 0.6) is 11.5 Å². The van der Waals surface area contributed by atoms with Gasteiger partial charge in [0.25, 0.3) is 5.91 Å². The highest BCUT2D eigenvalue weighted by atomic mass is 19.4. The number of alkyl halides is 3. The monoisotopic (exact) mass is 457 g/mol. The van der Waals surface area contributed by atoms with Crippen LogP contribution in [0.4, 0.5) is 13.2 Å². The Balaban J connectivity index is 1.61. The molecule has 0 spiro atoms. The third kappa shape index (κ3) is 6.83. The van der Waals surface area contributed by atoms with Crippen LogP contribution in [0.2, 0.25) is 0 Å². The molecular formula is C25H22F3NO4. The molecule has 8 heteroatoms. The molecule has 0 radical (unpaired) electrons. The van der Waals surface area contributed by atoms with Gasteiger partial charge in [0.2, 0.25) is 0 Å². The lowest BCUT2D eigenvalue weighted by Gasteiger charge is -2.11. The Morgan fingerprint density at radius 3 is 2.30 bits per heavy atom. The van der Waals surface area contributed by atoms with Crippen LogP contribution in [0.25, 0.3) is 0 Å². The number of aliphatic carboxylic acids is 1. The van der Waals surface area contributed by atoms with Gasteiger partial charge in [0.1, 0.15) is 11.5 Å². The van der Waals surface area contributed by atoms with Crippen molar-refractivity contribution in [3.63, 3.8) is 0 Å². The first kappa shape index (κ1) is 23.8. The van der Waals surface area contributed by atoms with Gasteiger partial charge in [-0.1, -0.05) is 24.3 Å². The standard InChI is InChI=1S/C25H22F3NO4/c1-16-13-22(11-7-18(16)8-12-23(30)31)33-21-4-2-3-19(14-21)24(32)29-15-17-5-9-20(10-6-17)25(26,27)28/h2-7,9-11,13-14H,8,12,15H2,1H3,(H,29,32)(H,30,31). The largest absolute Gasteiger partial charge is 0.481 e. The van der Waals surface area contributed by atoms with Gasteiger partial charge in [-0.2, -0.15) is 13.2 Å². The molecule has 5 nitrogen and oxygen atoms in total. The molecule has 3 aromatic rings. The maximum Gasteiger partial charge on any atom is 0.416 e. The van der Waals surface area contributed by atoms with Crippen molar-refractivity contribution in [2.24, 2.45) is 0 Å². The zero-order chi connectivity index (χ0) is 24.0. The second-order valence-electron chi connectivity index (χ2n) is 7.49. The molecule has 0 aromatic heterocycles. The highest BCUT2D eigenvalue weighted by Crippen LogP contribution is 2.29. The number of carboxylic acid groups (broad SMARTS) is 1. The van der Waals surface area contributed by atoms with Crippen molar-refractivity contribution in [2.45, 2.75) is 32.5 Å². The van der Waals surface area contributed by atoms with Crippen LogP contribution in [-0.2, 0) is 23.9 Å². The zero-order valence-electron chi connectivity index (χ0n) is 17.8. The van der Waals surface area contributed by atoms with Gasteiger partial charge in [0.05, 0.1) is 5.56 Å². The summed E-state index contributed by atoms with van der Waals surface area (Å²) in [7, 11) is 0. The summed E-state index contributed by atoms with van der Waals surface area (Å²) in [5.41, 5.74) is 1.96. The Hall–Kier alpha value is -3.81. The maximum absolute atomic E-state index is 12.7. The van der Waals surface area contributed by atoms with E-state index in [1.807, 2.05) is 13.0 Å². The van der Waals surface area contributed by atoms with Gasteiger partial charge in [-0.05, 0) is 72.5 Å². The fraction of sp³-hybridized carbons (Fsp3) is 0.200. The van der Waals surface area contributed by atoms with Crippen molar-refractivity contribution in [3.8, 4) is 11.5 Å². The van der Waals surface area contributed by atoms with Crippen LogP contribution in [-0.4, -0.2) is 17.0 Å². The summed E-state index contributed by atoms with van der Waals surface area (Å²) < 4.78 is 43.8. The van der Waals surface area contributed by atoms with Crippen molar-refractivity contribution >= 4 is 11.9 Å². The molecule has 33 heavy (non-hydrogen) atoms. The molecule has 0 aliphatic carbocycles. The molecule has 0 saturated carbocycles. The summed E-state index contributed by atoms with van der Waals surface area (Å²) >= 11 is 0. The van der Waals surface area contributed by atoms with Gasteiger partial charge in [-0.15, -0.1) is 0 Å². The Morgan fingerprint density at radius 1 is 0.970 bits per heavy atom. The molecule has 0 bridgehead atoms. The van der Waals surface area contributed by atoms with E-state index in [2.05, 4.69) is 5.32 Å². The average molecular weight is 457 g/mol. The highest BCUT2D eigenvalue weighted by Gasteiger charge is 2.29. The quantitative estimate of drug-likeness (QED) is 0.451. The van der Waals surface area contributed by atoms with E-state index < -0.39 is 17.7 Å². The van der Waals surface area contributed by atoms with E-state index in [-0.39, 0.29) is 18.9 Å². The first-order valence-electron chi connectivity index (χ1n) is 10.2. The molecule has 3 aromatic carbocycles. The Kier molecular flexibility index (Phi) is 7.37. The molecule has 1 amide bonds. The number of amides is 1. The van der Waals surface area contributed by atoms with Crippen molar-refractivity contribution in [3.05, 3.63) is 94.5 Å². The highest BCUT2D eigenvalue weighted by molar-refractivity contribution is 5.94. The first-order valence-corrected chi connectivity index (χ1v) is 10.2. The third-order valence-corrected chi connectivity index (χ3v) is 4.99. The number of ether oxygens (including phenoxy) is 1. The number of aryl methyl sites for hydroxylation is 2. The number of rotatable bonds is 8. The minimum absolute atomic E-state index is 0.0463. The lowest BCUT2D eigenvalue weighted by atomic mass is 10.0. The van der Waals surface area contributed by atoms with Gasteiger partial charge in [-0.3, -0.25) is 9.59 Å². The summed E-state index contributed by atoms with van der Waals surface area (Å²) in [6.07, 6.45) is -3.93. The maximum atomic E-state index is 12.7. The fourth-order valence-corrected chi connectivity index (χ4v) is 3.19. The summed E-state index contributed by atoms with van der Waals surface area (Å²) in [5, 5.41) is 11.5. The summed E-state index contributed by atoms with van der Waals surface area (Å²) in [4.78, 5) is 23.2. The molecule has 0 fully saturated rings. The lowest BCUT2D eigenvalue weighted by molar-refractivity contribution is -0.138. The zero-order valence-corrected chi connectivity index (χ0v) is 17.8. The summed E-state index contributed by atoms with van der Waals surface area (Å²) in [6, 6.07) is 16.5. The number of carbonyl (C=O) groups is 2. The van der Waals surface area contributed by atoms with Crippen molar-refractivity contribution in [1.29, 1.82) is 0 Å². The van der Waals surface area contributed by atoms with Crippen LogP contribution in [0.1, 0.15) is 39.0 Å². The Morgan fingerprint density at radius 2 is 1.67 bits per heavy atom. The molecule has 0 unspecified atom stereocenters. The second kappa shape index (κ2) is 10.2. The van der Waals surface area contributed by atoms with Gasteiger partial charge in [0, 0.05) is 18.5 Å². The van der Waals surface area contributed by atoms with Crippen molar-refractivity contribution in [2.75, 3.05) is 0 Å². The van der Waals surface area contributed by atoms with E-state index in [9.17, 15) is 22.8 Å². The first-order chi connectivity index (χ1) is 15.6. The number of halogens is 3. The van der Waals surface area contributed by atoms with Crippen LogP contribution < -0.4 is 10.1 Å². The average Bonchev–Trinajstić information content (AvgIpc) is 2.76. The number of carbonyl (C=O) groups excluding carboxylic acids is 1. The Bertz CT molecular complexity index is 1140. The van der Waals surface area contributed by atoms with E-state index in [0.29, 0.717) is 29.0 Å². The second-order valence-corrected chi connectivity index (χ2v) is 7.49. The van der Waals surface area contributed by atoms with Crippen LogP contribution in [0.15, 0.2) is 66.7 Å². The molecule has 172 valence electrons. The van der Waals surface area contributed by atoms with E-state index in [1.165, 1.54) is 12.1 Å². The number of hydrogen-bond donors (Lipinski definition) is 2. The van der Waals surface area contributed by atoms with Crippen LogP contribution in [0.3, 0.4) is 0 Å². The number of benzene rings is 3. The minimum atomic E-state index is -4.40. The molecule has 0 aliphatic rings. The smallest absolute Gasteiger partial charge is 0.416 e. The Labute approximate surface area is 188 Å². The lowest BCUT2D eigenvalue weighted by Crippen LogP contribution is -2.22.